The zero-order valence-corrected chi connectivity index (χ0v) is 22.7. The van der Waals surface area contributed by atoms with E-state index in [1.807, 2.05) is 24.3 Å². The van der Waals surface area contributed by atoms with E-state index in [9.17, 15) is 4.79 Å². The van der Waals surface area contributed by atoms with E-state index in [2.05, 4.69) is 40.4 Å². The number of hydrogen-bond acceptors (Lipinski definition) is 4. The number of thiocarbonyl (C=S) groups is 1. The van der Waals surface area contributed by atoms with E-state index in [0.717, 1.165) is 47.5 Å². The number of hydrogen-bond donors (Lipinski definition) is 2. The van der Waals surface area contributed by atoms with Gasteiger partial charge in [0.1, 0.15) is 11.5 Å². The van der Waals surface area contributed by atoms with Gasteiger partial charge in [0.15, 0.2) is 5.11 Å². The Hall–Kier alpha value is -2.12. The molecule has 2 aromatic carbocycles. The molecule has 2 aromatic rings. The van der Waals surface area contributed by atoms with Crippen molar-refractivity contribution in [1.82, 2.24) is 5.32 Å². The average Bonchev–Trinajstić information content (AvgIpc) is 2.83. The number of unbranched alkanes of at least 4 members (excludes halogenated alkanes) is 7. The van der Waals surface area contributed by atoms with Crippen LogP contribution in [0.1, 0.15) is 82.0 Å². The fourth-order valence-electron chi connectivity index (χ4n) is 3.34. The molecule has 5 nitrogen and oxygen atoms in total. The number of rotatable bonds is 15. The number of amides is 1. The third kappa shape index (κ3) is 10.9. The van der Waals surface area contributed by atoms with Gasteiger partial charge in [-0.1, -0.05) is 58.8 Å². The second-order valence-corrected chi connectivity index (χ2v) is 9.51. The van der Waals surface area contributed by atoms with Crippen molar-refractivity contribution in [2.24, 2.45) is 0 Å². The molecule has 0 aliphatic carbocycles. The molecule has 0 bridgehead atoms. The number of ether oxygens (including phenoxy) is 2. The molecule has 0 aliphatic heterocycles. The minimum Gasteiger partial charge on any atom is -0.494 e. The van der Waals surface area contributed by atoms with Gasteiger partial charge in [-0.15, -0.1) is 0 Å². The largest absolute Gasteiger partial charge is 0.494 e. The van der Waals surface area contributed by atoms with E-state index in [-0.39, 0.29) is 11.0 Å². The van der Waals surface area contributed by atoms with Crippen molar-refractivity contribution in [3.63, 3.8) is 0 Å². The first-order valence-electron chi connectivity index (χ1n) is 12.3. The highest BCUT2D eigenvalue weighted by Crippen LogP contribution is 2.26. The molecule has 0 atom stereocenters. The van der Waals surface area contributed by atoms with Crippen molar-refractivity contribution in [1.29, 1.82) is 0 Å². The first-order valence-corrected chi connectivity index (χ1v) is 13.5. The maximum Gasteiger partial charge on any atom is 0.257 e. The maximum atomic E-state index is 12.6. The maximum absolute atomic E-state index is 12.6. The van der Waals surface area contributed by atoms with Crippen LogP contribution in [0.2, 0.25) is 0 Å². The Bertz CT molecular complexity index is 890. The van der Waals surface area contributed by atoms with Crippen LogP contribution in [0.5, 0.6) is 11.5 Å². The summed E-state index contributed by atoms with van der Waals surface area (Å²) in [6.45, 7) is 5.79. The summed E-state index contributed by atoms with van der Waals surface area (Å²) in [7, 11) is 0. The van der Waals surface area contributed by atoms with E-state index in [0.29, 0.717) is 12.2 Å². The second kappa shape index (κ2) is 16.5. The standard InChI is InChI=1S/C27H37BrN2O3S/c1-3-5-7-9-11-18-32-23-15-13-22(14-16-23)29-27(34)30-26(31)21-12-17-25(24(28)20-21)33-19-10-8-6-4-2/h12-17,20H,3-11,18-19H2,1-2H3,(H2,29,30,31,34). The van der Waals surface area contributed by atoms with Crippen LogP contribution in [-0.2, 0) is 0 Å². The predicted octanol–water partition coefficient (Wildman–Crippen LogP) is 7.88. The number of nitrogens with one attached hydrogen (secondary N) is 2. The van der Waals surface area contributed by atoms with Gasteiger partial charge < -0.3 is 14.8 Å². The molecule has 0 saturated heterocycles. The molecule has 0 aliphatic rings. The summed E-state index contributed by atoms with van der Waals surface area (Å²) in [6.07, 6.45) is 10.7. The third-order valence-electron chi connectivity index (χ3n) is 5.31. The number of benzene rings is 2. The molecule has 0 aromatic heterocycles. The predicted molar refractivity (Wildman–Crippen MR) is 148 cm³/mol. The van der Waals surface area contributed by atoms with Crippen molar-refractivity contribution in [3.05, 3.63) is 52.5 Å². The summed E-state index contributed by atoms with van der Waals surface area (Å²) in [5, 5.41) is 6.00. The first kappa shape index (κ1) is 28.1. The van der Waals surface area contributed by atoms with Crippen molar-refractivity contribution in [2.75, 3.05) is 18.5 Å². The Kier molecular flexibility index (Phi) is 13.6. The summed E-state index contributed by atoms with van der Waals surface area (Å²) in [5.74, 6) is 1.28. The van der Waals surface area contributed by atoms with E-state index < -0.39 is 0 Å². The zero-order chi connectivity index (χ0) is 24.6. The molecule has 7 heteroatoms. The fourth-order valence-corrected chi connectivity index (χ4v) is 4.04. The van der Waals surface area contributed by atoms with E-state index in [1.165, 1.54) is 38.5 Å². The molecule has 1 amide bonds. The van der Waals surface area contributed by atoms with Gasteiger partial charge in [0.05, 0.1) is 17.7 Å². The van der Waals surface area contributed by atoms with Crippen LogP contribution in [0.15, 0.2) is 46.9 Å². The van der Waals surface area contributed by atoms with Gasteiger partial charge in [0.25, 0.3) is 5.91 Å². The number of halogens is 1. The van der Waals surface area contributed by atoms with Crippen LogP contribution in [0, 0.1) is 0 Å². The molecule has 2 rings (SSSR count). The van der Waals surface area contributed by atoms with Gasteiger partial charge in [0.2, 0.25) is 0 Å². The zero-order valence-electron chi connectivity index (χ0n) is 20.3. The van der Waals surface area contributed by atoms with Crippen LogP contribution in [0.25, 0.3) is 0 Å². The molecule has 0 saturated carbocycles. The highest BCUT2D eigenvalue weighted by molar-refractivity contribution is 9.10. The Labute approximate surface area is 218 Å². The lowest BCUT2D eigenvalue weighted by Gasteiger charge is -2.12. The molecule has 0 spiro atoms. The van der Waals surface area contributed by atoms with Gasteiger partial charge in [-0.05, 0) is 83.5 Å². The van der Waals surface area contributed by atoms with E-state index in [1.54, 1.807) is 18.2 Å². The van der Waals surface area contributed by atoms with Crippen molar-refractivity contribution < 1.29 is 14.3 Å². The normalized spacial score (nSPS) is 10.6. The summed E-state index contributed by atoms with van der Waals surface area (Å²) < 4.78 is 12.3. The van der Waals surface area contributed by atoms with Crippen molar-refractivity contribution in [3.8, 4) is 11.5 Å². The number of carbonyl (C=O) groups is 1. The van der Waals surface area contributed by atoms with Gasteiger partial charge in [-0.3, -0.25) is 10.1 Å². The van der Waals surface area contributed by atoms with Crippen molar-refractivity contribution >= 4 is 44.9 Å². The van der Waals surface area contributed by atoms with Crippen LogP contribution in [0.3, 0.4) is 0 Å². The smallest absolute Gasteiger partial charge is 0.257 e. The van der Waals surface area contributed by atoms with Gasteiger partial charge >= 0.3 is 0 Å². The Morgan fingerprint density at radius 2 is 1.47 bits per heavy atom. The SMILES string of the molecule is CCCCCCCOc1ccc(NC(=S)NC(=O)c2ccc(OCCCCCC)c(Br)c2)cc1. The number of anilines is 1. The average molecular weight is 550 g/mol. The molecule has 0 fully saturated rings. The summed E-state index contributed by atoms with van der Waals surface area (Å²) in [4.78, 5) is 12.6. The minimum absolute atomic E-state index is 0.238. The number of carbonyl (C=O) groups excluding carboxylic acids is 1. The summed E-state index contributed by atoms with van der Waals surface area (Å²) >= 11 is 8.80. The Balaban J connectivity index is 1.75. The first-order chi connectivity index (χ1) is 16.5. The summed E-state index contributed by atoms with van der Waals surface area (Å²) in [6, 6.07) is 12.8. The van der Waals surface area contributed by atoms with Gasteiger partial charge in [0, 0.05) is 11.3 Å². The van der Waals surface area contributed by atoms with Crippen molar-refractivity contribution in [2.45, 2.75) is 71.6 Å². The molecule has 2 N–H and O–H groups in total. The minimum atomic E-state index is -0.282. The third-order valence-corrected chi connectivity index (χ3v) is 6.13. The van der Waals surface area contributed by atoms with Crippen LogP contribution in [0.4, 0.5) is 5.69 Å². The highest BCUT2D eigenvalue weighted by Gasteiger charge is 2.11. The van der Waals surface area contributed by atoms with Crippen LogP contribution in [-0.4, -0.2) is 24.2 Å². The molecule has 34 heavy (non-hydrogen) atoms. The Morgan fingerprint density at radius 1 is 0.853 bits per heavy atom. The highest BCUT2D eigenvalue weighted by atomic mass is 79.9. The quantitative estimate of drug-likeness (QED) is 0.175. The molecular formula is C27H37BrN2O3S. The van der Waals surface area contributed by atoms with Gasteiger partial charge in [-0.25, -0.2) is 0 Å². The topological polar surface area (TPSA) is 59.6 Å². The lowest BCUT2D eigenvalue weighted by Crippen LogP contribution is -2.34. The summed E-state index contributed by atoms with van der Waals surface area (Å²) in [5.41, 5.74) is 1.28. The lowest BCUT2D eigenvalue weighted by molar-refractivity contribution is 0.0977. The van der Waals surface area contributed by atoms with Gasteiger partial charge in [-0.2, -0.15) is 0 Å². The lowest BCUT2D eigenvalue weighted by atomic mass is 10.2. The van der Waals surface area contributed by atoms with Crippen LogP contribution < -0.4 is 20.1 Å². The fraction of sp³-hybridized carbons (Fsp3) is 0.481. The van der Waals surface area contributed by atoms with E-state index >= 15 is 0 Å². The molecule has 0 heterocycles. The van der Waals surface area contributed by atoms with E-state index in [4.69, 9.17) is 21.7 Å². The molecule has 0 unspecified atom stereocenters. The van der Waals surface area contributed by atoms with Crippen LogP contribution >= 0.6 is 28.1 Å². The molecule has 186 valence electrons. The molecular weight excluding hydrogens is 512 g/mol. The Morgan fingerprint density at radius 3 is 2.12 bits per heavy atom. The second-order valence-electron chi connectivity index (χ2n) is 8.25. The monoisotopic (exact) mass is 548 g/mol. The molecule has 0 radical (unpaired) electrons.